The van der Waals surface area contributed by atoms with Gasteiger partial charge in [0.1, 0.15) is 11.5 Å². The highest BCUT2D eigenvalue weighted by atomic mass is 16.1. The molecule has 3 aromatic heterocycles. The molecule has 0 bridgehead atoms. The van der Waals surface area contributed by atoms with Gasteiger partial charge in [-0.3, -0.25) is 4.79 Å². The van der Waals surface area contributed by atoms with E-state index < -0.39 is 0 Å². The van der Waals surface area contributed by atoms with Crippen molar-refractivity contribution in [1.29, 1.82) is 0 Å². The summed E-state index contributed by atoms with van der Waals surface area (Å²) in [5.41, 5.74) is 7.83. The molecule has 8 nitrogen and oxygen atoms in total. The zero-order valence-corrected chi connectivity index (χ0v) is 22.5. The Labute approximate surface area is 233 Å². The molecule has 8 heteroatoms. The number of carbonyl (C=O) groups is 1. The van der Waals surface area contributed by atoms with Crippen LogP contribution >= 0.6 is 0 Å². The minimum absolute atomic E-state index is 0.0691. The highest BCUT2D eigenvalue weighted by Crippen LogP contribution is 2.38. The maximum absolute atomic E-state index is 13.0. The third-order valence-corrected chi connectivity index (χ3v) is 7.99. The number of aromatic nitrogens is 3. The van der Waals surface area contributed by atoms with E-state index in [0.717, 1.165) is 77.6 Å². The van der Waals surface area contributed by atoms with Crippen molar-refractivity contribution in [3.8, 4) is 11.1 Å². The van der Waals surface area contributed by atoms with Gasteiger partial charge in [-0.05, 0) is 59.6 Å². The Balaban J connectivity index is 1.19. The lowest BCUT2D eigenvalue weighted by Gasteiger charge is -2.33. The van der Waals surface area contributed by atoms with Crippen molar-refractivity contribution < 1.29 is 4.79 Å². The van der Waals surface area contributed by atoms with Crippen LogP contribution in [0.1, 0.15) is 21.5 Å². The van der Waals surface area contributed by atoms with Gasteiger partial charge in [0.05, 0.1) is 23.1 Å². The summed E-state index contributed by atoms with van der Waals surface area (Å²) in [7, 11) is 2.15. The fraction of sp³-hybridized carbons (Fsp3) is 0.219. The van der Waals surface area contributed by atoms with Crippen LogP contribution in [-0.4, -0.2) is 58.6 Å². The number of likely N-dealkylation sites (N-methyl/N-ethyl adjacent to an activating group) is 1. The number of hydrogen-bond acceptors (Lipinski definition) is 6. The maximum Gasteiger partial charge on any atom is 0.254 e. The Bertz CT molecular complexity index is 1690. The lowest BCUT2D eigenvalue weighted by molar-refractivity contribution is 0.0966. The summed E-state index contributed by atoms with van der Waals surface area (Å²) in [5.74, 6) is 0.650. The predicted octanol–water partition coefficient (Wildman–Crippen LogP) is 4.89. The summed E-state index contributed by atoms with van der Waals surface area (Å²) in [4.78, 5) is 27.1. The molecule has 7 rings (SSSR count). The van der Waals surface area contributed by atoms with Crippen LogP contribution in [-0.2, 0) is 13.1 Å². The van der Waals surface area contributed by atoms with Gasteiger partial charge in [-0.25, -0.2) is 9.97 Å². The molecule has 2 aliphatic heterocycles. The molecule has 0 aliphatic carbocycles. The smallest absolute Gasteiger partial charge is 0.254 e. The zero-order chi connectivity index (χ0) is 27.1. The lowest BCUT2D eigenvalue weighted by atomic mass is 9.94. The third kappa shape index (κ3) is 4.46. The van der Waals surface area contributed by atoms with Gasteiger partial charge in [0.25, 0.3) is 5.91 Å². The first-order chi connectivity index (χ1) is 19.6. The van der Waals surface area contributed by atoms with Gasteiger partial charge < -0.3 is 25.0 Å². The number of pyridine rings is 2. The van der Waals surface area contributed by atoms with Crippen LogP contribution in [0.2, 0.25) is 0 Å². The number of hydrogen-bond donors (Lipinski definition) is 2. The lowest BCUT2D eigenvalue weighted by Crippen LogP contribution is -2.44. The largest absolute Gasteiger partial charge is 0.368 e. The highest BCUT2D eigenvalue weighted by molar-refractivity contribution is 6.07. The molecule has 0 unspecified atom stereocenters. The number of benzene rings is 2. The Morgan fingerprint density at radius 3 is 2.55 bits per heavy atom. The van der Waals surface area contributed by atoms with Crippen LogP contribution in [0.5, 0.6) is 0 Å². The minimum Gasteiger partial charge on any atom is -0.368 e. The van der Waals surface area contributed by atoms with Crippen LogP contribution in [0.3, 0.4) is 0 Å². The second-order valence-electron chi connectivity index (χ2n) is 10.5. The molecule has 5 aromatic rings. The molecule has 2 aliphatic rings. The van der Waals surface area contributed by atoms with E-state index >= 15 is 0 Å². The van der Waals surface area contributed by atoms with E-state index in [9.17, 15) is 4.79 Å². The van der Waals surface area contributed by atoms with Crippen LogP contribution in [0, 0.1) is 0 Å². The Morgan fingerprint density at radius 2 is 1.75 bits per heavy atom. The second kappa shape index (κ2) is 10.1. The van der Waals surface area contributed by atoms with E-state index in [-0.39, 0.29) is 5.91 Å². The molecule has 2 aromatic carbocycles. The Morgan fingerprint density at radius 1 is 0.900 bits per heavy atom. The first-order valence-electron chi connectivity index (χ1n) is 13.7. The van der Waals surface area contributed by atoms with Crippen LogP contribution in [0.4, 0.5) is 17.2 Å². The number of anilines is 3. The average Bonchev–Trinajstić information content (AvgIpc) is 3.59. The second-order valence-corrected chi connectivity index (χ2v) is 10.5. The number of nitrogens with one attached hydrogen (secondary N) is 2. The van der Waals surface area contributed by atoms with Crippen molar-refractivity contribution in [3.05, 3.63) is 102 Å². The molecule has 200 valence electrons. The van der Waals surface area contributed by atoms with Crippen molar-refractivity contribution in [3.63, 3.8) is 0 Å². The SMILES string of the molecule is CN1CCN(c2ccc(Nc3ccc(-c4ccnc5c4ccn5Cc4ccccc4)c4c3C(=O)NC4)nc2)CC1. The number of rotatable bonds is 6. The Kier molecular flexibility index (Phi) is 6.17. The highest BCUT2D eigenvalue weighted by Gasteiger charge is 2.27. The topological polar surface area (TPSA) is 78.3 Å². The van der Waals surface area contributed by atoms with Crippen molar-refractivity contribution in [2.24, 2.45) is 0 Å². The number of carbonyl (C=O) groups excluding carboxylic acids is 1. The molecule has 5 heterocycles. The summed E-state index contributed by atoms with van der Waals surface area (Å²) < 4.78 is 2.17. The van der Waals surface area contributed by atoms with Gasteiger partial charge in [-0.15, -0.1) is 0 Å². The standard InChI is InChI=1S/C32H31N7O/c1-37-15-17-38(18-16-37)23-7-10-29(34-19-23)36-28-9-8-24(27-20-35-32(40)30(27)28)25-11-13-33-31-26(25)12-14-39(31)21-22-5-3-2-4-6-22/h2-14,19H,15-18,20-21H2,1H3,(H,34,36)(H,35,40). The Hall–Kier alpha value is -4.69. The summed E-state index contributed by atoms with van der Waals surface area (Å²) in [5, 5.41) is 7.51. The average molecular weight is 530 g/mol. The van der Waals surface area contributed by atoms with Crippen LogP contribution in [0.25, 0.3) is 22.2 Å². The molecular weight excluding hydrogens is 498 g/mol. The molecule has 2 N–H and O–H groups in total. The normalized spacial score (nSPS) is 15.3. The molecule has 40 heavy (non-hydrogen) atoms. The van der Waals surface area contributed by atoms with E-state index in [4.69, 9.17) is 4.98 Å². The summed E-state index contributed by atoms with van der Waals surface area (Å²) in [6, 6.07) is 22.7. The molecule has 0 atom stereocenters. The van der Waals surface area contributed by atoms with Crippen LogP contribution < -0.4 is 15.5 Å². The fourth-order valence-electron chi connectivity index (χ4n) is 5.79. The summed E-state index contributed by atoms with van der Waals surface area (Å²) >= 11 is 0. The van der Waals surface area contributed by atoms with Gasteiger partial charge in [-0.2, -0.15) is 0 Å². The number of piperazine rings is 1. The summed E-state index contributed by atoms with van der Waals surface area (Å²) in [6.07, 6.45) is 5.86. The molecule has 0 radical (unpaired) electrons. The van der Waals surface area contributed by atoms with Crippen LogP contribution in [0.15, 0.2) is 85.3 Å². The van der Waals surface area contributed by atoms with E-state index in [1.165, 1.54) is 5.56 Å². The fourth-order valence-corrected chi connectivity index (χ4v) is 5.79. The number of amides is 1. The van der Waals surface area contributed by atoms with Crippen molar-refractivity contribution in [1.82, 2.24) is 24.8 Å². The third-order valence-electron chi connectivity index (χ3n) is 7.99. The van der Waals surface area contributed by atoms with E-state index in [0.29, 0.717) is 12.1 Å². The first kappa shape index (κ1) is 24.4. The van der Waals surface area contributed by atoms with Gasteiger partial charge in [0.2, 0.25) is 0 Å². The van der Waals surface area contributed by atoms with Crippen molar-refractivity contribution in [2.45, 2.75) is 13.1 Å². The molecule has 0 saturated carbocycles. The first-order valence-corrected chi connectivity index (χ1v) is 13.7. The zero-order valence-electron chi connectivity index (χ0n) is 22.5. The number of nitrogens with zero attached hydrogens (tertiary/aromatic N) is 5. The quantitative estimate of drug-likeness (QED) is 0.326. The molecular formula is C32H31N7O. The van der Waals surface area contributed by atoms with E-state index in [1.54, 1.807) is 0 Å². The minimum atomic E-state index is -0.0691. The van der Waals surface area contributed by atoms with Crippen molar-refractivity contribution in [2.75, 3.05) is 43.4 Å². The monoisotopic (exact) mass is 529 g/mol. The molecule has 0 spiro atoms. The van der Waals surface area contributed by atoms with Gasteiger partial charge in [0.15, 0.2) is 0 Å². The van der Waals surface area contributed by atoms with E-state index in [1.807, 2.05) is 36.7 Å². The van der Waals surface area contributed by atoms with Gasteiger partial charge in [-0.1, -0.05) is 36.4 Å². The van der Waals surface area contributed by atoms with E-state index in [2.05, 4.69) is 85.7 Å². The molecule has 1 amide bonds. The van der Waals surface area contributed by atoms with Gasteiger partial charge in [0, 0.05) is 57.0 Å². The van der Waals surface area contributed by atoms with Crippen molar-refractivity contribution >= 4 is 34.1 Å². The van der Waals surface area contributed by atoms with Gasteiger partial charge >= 0.3 is 0 Å². The maximum atomic E-state index is 13.0. The molecule has 1 saturated heterocycles. The predicted molar refractivity (Wildman–Crippen MR) is 159 cm³/mol. The number of fused-ring (bicyclic) bond motifs is 2. The molecule has 1 fully saturated rings. The summed E-state index contributed by atoms with van der Waals surface area (Å²) in [6.45, 7) is 5.34.